The lowest BCUT2D eigenvalue weighted by molar-refractivity contribution is 0.0122. The summed E-state index contributed by atoms with van der Waals surface area (Å²) >= 11 is 0. The molecule has 2 aromatic rings. The lowest BCUT2D eigenvalue weighted by Crippen LogP contribution is -2.40. The molecule has 6 heteroatoms. The number of carbonyl (C=O) groups excluding carboxylic acids is 1. The van der Waals surface area contributed by atoms with Gasteiger partial charge in [0.25, 0.3) is 0 Å². The number of hydrogen-bond acceptors (Lipinski definition) is 5. The average Bonchev–Trinajstić information content (AvgIpc) is 2.55. The zero-order chi connectivity index (χ0) is 18.6. The van der Waals surface area contributed by atoms with Crippen molar-refractivity contribution in [2.45, 2.75) is 52.4 Å². The van der Waals surface area contributed by atoms with Crippen LogP contribution in [0.1, 0.15) is 39.7 Å². The fourth-order valence-corrected chi connectivity index (χ4v) is 2.42. The zero-order valence-electron chi connectivity index (χ0n) is 15.2. The molecule has 0 bridgehead atoms. The third kappa shape index (κ3) is 5.06. The first-order valence-electron chi connectivity index (χ1n) is 8.43. The van der Waals surface area contributed by atoms with Crippen molar-refractivity contribution >= 4 is 17.0 Å². The van der Waals surface area contributed by atoms with Crippen molar-refractivity contribution in [3.05, 3.63) is 36.0 Å². The van der Waals surface area contributed by atoms with E-state index in [1.165, 1.54) is 4.90 Å². The van der Waals surface area contributed by atoms with E-state index >= 15 is 0 Å². The van der Waals surface area contributed by atoms with Gasteiger partial charge in [-0.05, 0) is 33.3 Å². The molecule has 1 amide bonds. The Morgan fingerprint density at radius 1 is 1.32 bits per heavy atom. The van der Waals surface area contributed by atoms with Crippen LogP contribution in [0.4, 0.5) is 4.79 Å². The number of ether oxygens (including phenoxy) is 1. The summed E-state index contributed by atoms with van der Waals surface area (Å²) in [5, 5.41) is 21.3. The summed E-state index contributed by atoms with van der Waals surface area (Å²) < 4.78 is 5.42. The number of pyridine rings is 1. The quantitative estimate of drug-likeness (QED) is 0.866. The van der Waals surface area contributed by atoms with Gasteiger partial charge in [-0.3, -0.25) is 4.98 Å². The molecule has 0 aliphatic heterocycles. The van der Waals surface area contributed by atoms with E-state index in [-0.39, 0.29) is 18.8 Å². The van der Waals surface area contributed by atoms with Gasteiger partial charge in [0.2, 0.25) is 0 Å². The van der Waals surface area contributed by atoms with E-state index in [2.05, 4.69) is 4.98 Å². The lowest BCUT2D eigenvalue weighted by atomic mass is 10.1. The maximum absolute atomic E-state index is 12.5. The van der Waals surface area contributed by atoms with Gasteiger partial charge in [-0.25, -0.2) is 4.79 Å². The van der Waals surface area contributed by atoms with Crippen LogP contribution in [0, 0.1) is 0 Å². The number of rotatable bonds is 5. The van der Waals surface area contributed by atoms with Gasteiger partial charge in [0.1, 0.15) is 16.9 Å². The largest absolute Gasteiger partial charge is 0.505 e. The number of nitrogens with zero attached hydrogens (tertiary/aromatic N) is 2. The summed E-state index contributed by atoms with van der Waals surface area (Å²) in [5.74, 6) is 0.0395. The van der Waals surface area contributed by atoms with E-state index < -0.39 is 17.8 Å². The highest BCUT2D eigenvalue weighted by Crippen LogP contribution is 2.28. The van der Waals surface area contributed by atoms with Crippen LogP contribution in [0.15, 0.2) is 30.5 Å². The first-order chi connectivity index (χ1) is 11.7. The molecule has 1 aromatic carbocycles. The Labute approximate surface area is 148 Å². The van der Waals surface area contributed by atoms with Gasteiger partial charge in [0.15, 0.2) is 0 Å². The SMILES string of the molecule is CC[C@H](O)CN(Cc1ccc2cccnc2c1O)C(=O)OC(C)(C)C. The van der Waals surface area contributed by atoms with E-state index in [0.717, 1.165) is 5.39 Å². The van der Waals surface area contributed by atoms with Gasteiger partial charge in [0.05, 0.1) is 19.2 Å². The molecule has 0 spiro atoms. The van der Waals surface area contributed by atoms with Crippen LogP contribution in [0.3, 0.4) is 0 Å². The number of benzene rings is 1. The topological polar surface area (TPSA) is 82.9 Å². The van der Waals surface area contributed by atoms with Crippen molar-refractivity contribution < 1.29 is 19.7 Å². The van der Waals surface area contributed by atoms with E-state index in [4.69, 9.17) is 4.74 Å². The summed E-state index contributed by atoms with van der Waals surface area (Å²) in [6.45, 7) is 7.47. The Balaban J connectivity index is 2.29. The average molecular weight is 346 g/mol. The molecule has 0 unspecified atom stereocenters. The molecule has 0 saturated carbocycles. The minimum absolute atomic E-state index is 0.0395. The first-order valence-corrected chi connectivity index (χ1v) is 8.43. The van der Waals surface area contributed by atoms with E-state index in [9.17, 15) is 15.0 Å². The van der Waals surface area contributed by atoms with Crippen molar-refractivity contribution in [3.8, 4) is 5.75 Å². The van der Waals surface area contributed by atoms with E-state index in [1.807, 2.05) is 19.1 Å². The molecule has 2 rings (SSSR count). The Kier molecular flexibility index (Phi) is 5.85. The number of phenols is 1. The Morgan fingerprint density at radius 2 is 2.04 bits per heavy atom. The molecular formula is C19H26N2O4. The molecule has 25 heavy (non-hydrogen) atoms. The van der Waals surface area contributed by atoms with Crippen molar-refractivity contribution in [1.29, 1.82) is 0 Å². The smallest absolute Gasteiger partial charge is 0.410 e. The molecule has 0 aliphatic rings. The fourth-order valence-electron chi connectivity index (χ4n) is 2.42. The number of aliphatic hydroxyl groups excluding tert-OH is 1. The van der Waals surface area contributed by atoms with E-state index in [1.54, 1.807) is 39.1 Å². The van der Waals surface area contributed by atoms with Crippen LogP contribution < -0.4 is 0 Å². The highest BCUT2D eigenvalue weighted by Gasteiger charge is 2.25. The van der Waals surface area contributed by atoms with Gasteiger partial charge >= 0.3 is 6.09 Å². The van der Waals surface area contributed by atoms with Gasteiger partial charge in [-0.1, -0.05) is 25.1 Å². The molecule has 0 fully saturated rings. The molecule has 136 valence electrons. The summed E-state index contributed by atoms with van der Waals surface area (Å²) in [6.07, 6.45) is 0.942. The number of aromatic hydroxyl groups is 1. The predicted octanol–water partition coefficient (Wildman–Crippen LogP) is 3.45. The highest BCUT2D eigenvalue weighted by molar-refractivity contribution is 5.85. The minimum Gasteiger partial charge on any atom is -0.505 e. The van der Waals surface area contributed by atoms with Crippen LogP contribution in [0.25, 0.3) is 10.9 Å². The minimum atomic E-state index is -0.659. The maximum atomic E-state index is 12.5. The number of aromatic nitrogens is 1. The Morgan fingerprint density at radius 3 is 2.68 bits per heavy atom. The van der Waals surface area contributed by atoms with Crippen molar-refractivity contribution in [1.82, 2.24) is 9.88 Å². The number of fused-ring (bicyclic) bond motifs is 1. The number of hydrogen-bond donors (Lipinski definition) is 2. The second kappa shape index (κ2) is 7.70. The van der Waals surface area contributed by atoms with Crippen LogP contribution in [0.2, 0.25) is 0 Å². The van der Waals surface area contributed by atoms with Gasteiger partial charge in [-0.2, -0.15) is 0 Å². The van der Waals surface area contributed by atoms with Gasteiger partial charge in [-0.15, -0.1) is 0 Å². The molecule has 0 saturated heterocycles. The van der Waals surface area contributed by atoms with Crippen molar-refractivity contribution in [2.75, 3.05) is 6.54 Å². The summed E-state index contributed by atoms with van der Waals surface area (Å²) in [6, 6.07) is 7.26. The summed E-state index contributed by atoms with van der Waals surface area (Å²) in [5.41, 5.74) is 0.403. The van der Waals surface area contributed by atoms with Crippen molar-refractivity contribution in [3.63, 3.8) is 0 Å². The number of aliphatic hydroxyl groups is 1. The molecule has 6 nitrogen and oxygen atoms in total. The fraction of sp³-hybridized carbons (Fsp3) is 0.474. The van der Waals surface area contributed by atoms with Crippen molar-refractivity contribution in [2.24, 2.45) is 0 Å². The number of carbonyl (C=O) groups is 1. The molecule has 1 atom stereocenters. The molecule has 1 heterocycles. The molecule has 0 aliphatic carbocycles. The van der Waals surface area contributed by atoms with Gasteiger partial charge < -0.3 is 19.8 Å². The van der Waals surface area contributed by atoms with Crippen LogP contribution in [0.5, 0.6) is 5.75 Å². The Hall–Kier alpha value is -2.34. The monoisotopic (exact) mass is 346 g/mol. The van der Waals surface area contributed by atoms with Crippen LogP contribution in [-0.2, 0) is 11.3 Å². The highest BCUT2D eigenvalue weighted by atomic mass is 16.6. The second-order valence-electron chi connectivity index (χ2n) is 7.07. The molecular weight excluding hydrogens is 320 g/mol. The Bertz CT molecular complexity index is 740. The lowest BCUT2D eigenvalue weighted by Gasteiger charge is -2.29. The third-order valence-electron chi connectivity index (χ3n) is 3.75. The zero-order valence-corrected chi connectivity index (χ0v) is 15.2. The normalized spacial score (nSPS) is 12.8. The van der Waals surface area contributed by atoms with E-state index in [0.29, 0.717) is 17.5 Å². The molecule has 0 radical (unpaired) electrons. The number of amides is 1. The standard InChI is InChI=1S/C19H26N2O4/c1-5-15(22)12-21(18(24)25-19(2,3)4)11-14-9-8-13-7-6-10-20-16(13)17(14)23/h6-10,15,22-23H,5,11-12H2,1-4H3/t15-/m0/s1. The molecule has 2 N–H and O–H groups in total. The predicted molar refractivity (Wildman–Crippen MR) is 96.3 cm³/mol. The summed E-state index contributed by atoms with van der Waals surface area (Å²) in [4.78, 5) is 18.1. The first kappa shape index (κ1) is 19.0. The maximum Gasteiger partial charge on any atom is 0.410 e. The van der Waals surface area contributed by atoms with Crippen LogP contribution >= 0.6 is 0 Å². The van der Waals surface area contributed by atoms with Crippen LogP contribution in [-0.4, -0.2) is 44.4 Å². The molecule has 1 aromatic heterocycles. The van der Waals surface area contributed by atoms with Gasteiger partial charge in [0, 0.05) is 17.1 Å². The summed E-state index contributed by atoms with van der Waals surface area (Å²) in [7, 11) is 0. The number of phenolic OH excluding ortho intramolecular Hbond substituents is 1. The second-order valence-corrected chi connectivity index (χ2v) is 7.07. The third-order valence-corrected chi connectivity index (χ3v) is 3.75.